The molecule has 0 aliphatic rings. The van der Waals surface area contributed by atoms with Gasteiger partial charge in [-0.2, -0.15) is 4.98 Å². The summed E-state index contributed by atoms with van der Waals surface area (Å²) in [5.74, 6) is 0.177. The molecule has 6 nitrogen and oxygen atoms in total. The second-order valence-corrected chi connectivity index (χ2v) is 4.74. The lowest BCUT2D eigenvalue weighted by atomic mass is 10.2. The molecule has 1 aromatic carbocycles. The highest BCUT2D eigenvalue weighted by atomic mass is 35.5. The Kier molecular flexibility index (Phi) is 3.85. The summed E-state index contributed by atoms with van der Waals surface area (Å²) in [6.07, 6.45) is 0. The van der Waals surface area contributed by atoms with E-state index in [1.54, 1.807) is 11.9 Å². The van der Waals surface area contributed by atoms with Crippen molar-refractivity contribution in [3.05, 3.63) is 50.9 Å². The van der Waals surface area contributed by atoms with Gasteiger partial charge in [-0.3, -0.25) is 10.1 Å². The third-order valence-corrected chi connectivity index (χ3v) is 3.10. The van der Waals surface area contributed by atoms with E-state index in [1.165, 1.54) is 6.92 Å². The topological polar surface area (TPSA) is 72.2 Å². The van der Waals surface area contributed by atoms with E-state index in [0.29, 0.717) is 0 Å². The van der Waals surface area contributed by atoms with Gasteiger partial charge in [0.05, 0.1) is 4.92 Å². The van der Waals surface area contributed by atoms with E-state index in [-0.39, 0.29) is 22.5 Å². The number of nitro groups is 1. The fraction of sp³-hybridized carbons (Fsp3) is 0.231. The van der Waals surface area contributed by atoms with Gasteiger partial charge in [-0.1, -0.05) is 17.7 Å². The van der Waals surface area contributed by atoms with Gasteiger partial charge in [-0.05, 0) is 37.6 Å². The molecule has 104 valence electrons. The Labute approximate surface area is 121 Å². The standard InChI is InChI=1S/C13H13ClN4O2/c1-8-4-6-10(7-5-8)17(3)12-11(18(19)20)9(2)15-13(14)16-12/h4-7H,1-3H3. The van der Waals surface area contributed by atoms with Crippen molar-refractivity contribution >= 4 is 28.8 Å². The van der Waals surface area contributed by atoms with E-state index in [1.807, 2.05) is 31.2 Å². The zero-order valence-corrected chi connectivity index (χ0v) is 12.0. The van der Waals surface area contributed by atoms with Gasteiger partial charge in [-0.25, -0.2) is 4.98 Å². The molecular weight excluding hydrogens is 280 g/mol. The van der Waals surface area contributed by atoms with E-state index < -0.39 is 4.92 Å². The Morgan fingerprint density at radius 3 is 2.35 bits per heavy atom. The quantitative estimate of drug-likeness (QED) is 0.492. The zero-order chi connectivity index (χ0) is 14.9. The number of benzene rings is 1. The highest BCUT2D eigenvalue weighted by Gasteiger charge is 2.25. The summed E-state index contributed by atoms with van der Waals surface area (Å²) >= 11 is 5.81. The summed E-state index contributed by atoms with van der Waals surface area (Å²) < 4.78 is 0. The SMILES string of the molecule is Cc1ccc(N(C)c2nc(Cl)nc(C)c2[N+](=O)[O-])cc1. The normalized spacial score (nSPS) is 10.4. The maximum Gasteiger partial charge on any atom is 0.333 e. The predicted octanol–water partition coefficient (Wildman–Crippen LogP) is 3.42. The van der Waals surface area contributed by atoms with E-state index >= 15 is 0 Å². The summed E-state index contributed by atoms with van der Waals surface area (Å²) in [7, 11) is 1.70. The molecule has 0 atom stereocenters. The van der Waals surface area contributed by atoms with Crippen LogP contribution >= 0.6 is 11.6 Å². The number of hydrogen-bond acceptors (Lipinski definition) is 5. The monoisotopic (exact) mass is 292 g/mol. The van der Waals surface area contributed by atoms with Crippen LogP contribution in [0.25, 0.3) is 0 Å². The van der Waals surface area contributed by atoms with Crippen LogP contribution in [-0.2, 0) is 0 Å². The number of anilines is 2. The second-order valence-electron chi connectivity index (χ2n) is 4.40. The molecule has 0 spiro atoms. The van der Waals surface area contributed by atoms with Crippen LogP contribution in [-0.4, -0.2) is 21.9 Å². The molecule has 1 aromatic heterocycles. The Morgan fingerprint density at radius 1 is 1.20 bits per heavy atom. The number of rotatable bonds is 3. The van der Waals surface area contributed by atoms with E-state index in [9.17, 15) is 10.1 Å². The zero-order valence-electron chi connectivity index (χ0n) is 11.3. The molecule has 1 heterocycles. The molecule has 0 fully saturated rings. The fourth-order valence-corrected chi connectivity index (χ4v) is 2.06. The van der Waals surface area contributed by atoms with E-state index in [0.717, 1.165) is 11.3 Å². The molecule has 0 unspecified atom stereocenters. The van der Waals surface area contributed by atoms with Gasteiger partial charge in [0, 0.05) is 12.7 Å². The minimum atomic E-state index is -0.494. The average Bonchev–Trinajstić information content (AvgIpc) is 2.37. The van der Waals surface area contributed by atoms with Gasteiger partial charge >= 0.3 is 5.69 Å². The summed E-state index contributed by atoms with van der Waals surface area (Å²) in [6, 6.07) is 7.58. The van der Waals surface area contributed by atoms with Crippen LogP contribution in [0.5, 0.6) is 0 Å². The number of halogens is 1. The van der Waals surface area contributed by atoms with Gasteiger partial charge < -0.3 is 4.90 Å². The number of hydrogen-bond donors (Lipinski definition) is 0. The number of nitrogens with zero attached hydrogens (tertiary/aromatic N) is 4. The molecule has 2 rings (SSSR count). The Bertz CT molecular complexity index is 658. The molecule has 0 saturated carbocycles. The van der Waals surface area contributed by atoms with Crippen molar-refractivity contribution in [1.82, 2.24) is 9.97 Å². The molecule has 0 aliphatic heterocycles. The van der Waals surface area contributed by atoms with Gasteiger partial charge in [0.25, 0.3) is 0 Å². The van der Waals surface area contributed by atoms with Crippen molar-refractivity contribution in [1.29, 1.82) is 0 Å². The molecule has 0 bridgehead atoms. The molecular formula is C13H13ClN4O2. The molecule has 0 amide bonds. The summed E-state index contributed by atoms with van der Waals surface area (Å²) in [6.45, 7) is 3.51. The van der Waals surface area contributed by atoms with E-state index in [4.69, 9.17) is 11.6 Å². The van der Waals surface area contributed by atoms with Gasteiger partial charge in [-0.15, -0.1) is 0 Å². The largest absolute Gasteiger partial charge is 0.333 e. The van der Waals surface area contributed by atoms with Crippen LogP contribution in [0.2, 0.25) is 5.28 Å². The fourth-order valence-electron chi connectivity index (χ4n) is 1.86. The van der Waals surface area contributed by atoms with Crippen molar-refractivity contribution < 1.29 is 4.92 Å². The molecule has 7 heteroatoms. The van der Waals surface area contributed by atoms with Crippen LogP contribution in [0.4, 0.5) is 17.2 Å². The first-order chi connectivity index (χ1) is 9.40. The van der Waals surface area contributed by atoms with Crippen molar-refractivity contribution in [3.8, 4) is 0 Å². The highest BCUT2D eigenvalue weighted by Crippen LogP contribution is 2.33. The summed E-state index contributed by atoms with van der Waals surface area (Å²) in [5.41, 5.74) is 1.99. The third-order valence-electron chi connectivity index (χ3n) is 2.93. The van der Waals surface area contributed by atoms with Crippen molar-refractivity contribution in [3.63, 3.8) is 0 Å². The average molecular weight is 293 g/mol. The minimum Gasteiger partial charge on any atom is -0.324 e. The van der Waals surface area contributed by atoms with Gasteiger partial charge in [0.1, 0.15) is 5.69 Å². The smallest absolute Gasteiger partial charge is 0.324 e. The van der Waals surface area contributed by atoms with Crippen LogP contribution < -0.4 is 4.90 Å². The van der Waals surface area contributed by atoms with Crippen molar-refractivity contribution in [2.45, 2.75) is 13.8 Å². The number of aryl methyl sites for hydroxylation is 2. The lowest BCUT2D eigenvalue weighted by Crippen LogP contribution is -2.15. The van der Waals surface area contributed by atoms with Crippen molar-refractivity contribution in [2.24, 2.45) is 0 Å². The Balaban J connectivity index is 2.56. The molecule has 0 saturated heterocycles. The Morgan fingerprint density at radius 2 is 1.80 bits per heavy atom. The maximum atomic E-state index is 11.2. The molecule has 20 heavy (non-hydrogen) atoms. The molecule has 0 N–H and O–H groups in total. The van der Waals surface area contributed by atoms with Crippen LogP contribution in [0.15, 0.2) is 24.3 Å². The van der Waals surface area contributed by atoms with E-state index in [2.05, 4.69) is 9.97 Å². The maximum absolute atomic E-state index is 11.2. The molecule has 0 aliphatic carbocycles. The highest BCUT2D eigenvalue weighted by molar-refractivity contribution is 6.28. The molecule has 0 radical (unpaired) electrons. The predicted molar refractivity (Wildman–Crippen MR) is 77.7 cm³/mol. The van der Waals surface area contributed by atoms with Gasteiger partial charge in [0.2, 0.25) is 11.1 Å². The van der Waals surface area contributed by atoms with Crippen LogP contribution in [0.1, 0.15) is 11.3 Å². The third kappa shape index (κ3) is 2.70. The summed E-state index contributed by atoms with van der Waals surface area (Å²) in [5, 5.41) is 11.2. The lowest BCUT2D eigenvalue weighted by molar-refractivity contribution is -0.385. The minimum absolute atomic E-state index is 0.0120. The lowest BCUT2D eigenvalue weighted by Gasteiger charge is -2.18. The van der Waals surface area contributed by atoms with Crippen LogP contribution in [0.3, 0.4) is 0 Å². The second kappa shape index (κ2) is 5.42. The van der Waals surface area contributed by atoms with Crippen molar-refractivity contribution in [2.75, 3.05) is 11.9 Å². The number of aromatic nitrogens is 2. The first kappa shape index (κ1) is 14.2. The first-order valence-corrected chi connectivity index (χ1v) is 6.27. The Hall–Kier alpha value is -2.21. The van der Waals surface area contributed by atoms with Crippen LogP contribution in [0, 0.1) is 24.0 Å². The molecule has 2 aromatic rings. The first-order valence-electron chi connectivity index (χ1n) is 5.89. The summed E-state index contributed by atoms with van der Waals surface area (Å²) in [4.78, 5) is 20.2. The van der Waals surface area contributed by atoms with Gasteiger partial charge in [0.15, 0.2) is 0 Å².